The molecule has 3 N–H and O–H groups in total. The highest BCUT2D eigenvalue weighted by Crippen LogP contribution is 2.36. The van der Waals surface area contributed by atoms with Crippen LogP contribution in [0.5, 0.6) is 0 Å². The molecule has 6 heteroatoms. The second-order valence-corrected chi connectivity index (χ2v) is 5.13. The van der Waals surface area contributed by atoms with Crippen LogP contribution in [-0.2, 0) is 0 Å². The van der Waals surface area contributed by atoms with Gasteiger partial charge in [0.2, 0.25) is 0 Å². The highest BCUT2D eigenvalue weighted by molar-refractivity contribution is 7.10. The van der Waals surface area contributed by atoms with Gasteiger partial charge in [-0.25, -0.2) is 14.2 Å². The predicted octanol–water partition coefficient (Wildman–Crippen LogP) is 3.54. The molecule has 0 spiro atoms. The monoisotopic (exact) mass is 288 g/mol. The highest BCUT2D eigenvalue weighted by atomic mass is 35.5. The van der Waals surface area contributed by atoms with Crippen molar-refractivity contribution < 1.29 is 8.78 Å². The average Bonchev–Trinajstić information content (AvgIpc) is 2.68. The van der Waals surface area contributed by atoms with E-state index in [0.29, 0.717) is 9.90 Å². The highest BCUT2D eigenvalue weighted by Gasteiger charge is 2.23. The summed E-state index contributed by atoms with van der Waals surface area (Å²) in [4.78, 5) is 0.668. The van der Waals surface area contributed by atoms with Gasteiger partial charge in [0.05, 0.1) is 11.1 Å². The van der Waals surface area contributed by atoms with Gasteiger partial charge in [0.1, 0.15) is 0 Å². The van der Waals surface area contributed by atoms with Gasteiger partial charge in [0, 0.05) is 10.4 Å². The maximum absolute atomic E-state index is 13.8. The van der Waals surface area contributed by atoms with Gasteiger partial charge in [-0.15, -0.1) is 11.3 Å². The SMILES string of the molecule is Cc1csc(C(NN)c2cccc(F)c2F)c1Cl. The van der Waals surface area contributed by atoms with Crippen molar-refractivity contribution >= 4 is 22.9 Å². The maximum atomic E-state index is 13.8. The van der Waals surface area contributed by atoms with Crippen LogP contribution in [-0.4, -0.2) is 0 Å². The molecule has 1 unspecified atom stereocenters. The van der Waals surface area contributed by atoms with E-state index in [1.807, 2.05) is 12.3 Å². The van der Waals surface area contributed by atoms with Crippen molar-refractivity contribution in [2.75, 3.05) is 0 Å². The lowest BCUT2D eigenvalue weighted by atomic mass is 10.0. The minimum atomic E-state index is -0.914. The largest absolute Gasteiger partial charge is 0.271 e. The van der Waals surface area contributed by atoms with Crippen molar-refractivity contribution in [2.45, 2.75) is 13.0 Å². The van der Waals surface area contributed by atoms with Crippen LogP contribution in [0, 0.1) is 18.6 Å². The predicted molar refractivity (Wildman–Crippen MR) is 69.6 cm³/mol. The summed E-state index contributed by atoms with van der Waals surface area (Å²) in [6.45, 7) is 1.85. The zero-order valence-electron chi connectivity index (χ0n) is 9.51. The Morgan fingerprint density at radius 2 is 2.11 bits per heavy atom. The molecule has 2 nitrogen and oxygen atoms in total. The Balaban J connectivity index is 2.52. The van der Waals surface area contributed by atoms with Gasteiger partial charge >= 0.3 is 0 Å². The molecular weight excluding hydrogens is 278 g/mol. The van der Waals surface area contributed by atoms with Crippen LogP contribution >= 0.6 is 22.9 Å². The van der Waals surface area contributed by atoms with E-state index in [4.69, 9.17) is 17.4 Å². The second-order valence-electron chi connectivity index (χ2n) is 3.84. The number of aryl methyl sites for hydroxylation is 1. The molecular formula is C12H11ClF2N2S. The third kappa shape index (κ3) is 2.27. The smallest absolute Gasteiger partial charge is 0.164 e. The van der Waals surface area contributed by atoms with Gasteiger partial charge in [-0.2, -0.15) is 0 Å². The number of rotatable bonds is 3. The van der Waals surface area contributed by atoms with Crippen molar-refractivity contribution in [3.05, 3.63) is 56.2 Å². The lowest BCUT2D eigenvalue weighted by Gasteiger charge is -2.16. The van der Waals surface area contributed by atoms with E-state index in [9.17, 15) is 8.78 Å². The number of nitrogens with one attached hydrogen (secondary N) is 1. The summed E-state index contributed by atoms with van der Waals surface area (Å²) >= 11 is 7.48. The van der Waals surface area contributed by atoms with E-state index in [0.717, 1.165) is 11.6 Å². The van der Waals surface area contributed by atoms with Crippen LogP contribution in [0.1, 0.15) is 22.0 Å². The summed E-state index contributed by atoms with van der Waals surface area (Å²) in [5.41, 5.74) is 3.50. The van der Waals surface area contributed by atoms with E-state index in [-0.39, 0.29) is 5.56 Å². The first-order valence-corrected chi connectivity index (χ1v) is 6.45. The lowest BCUT2D eigenvalue weighted by molar-refractivity contribution is 0.484. The van der Waals surface area contributed by atoms with E-state index in [1.54, 1.807) is 0 Å². The van der Waals surface area contributed by atoms with Crippen molar-refractivity contribution in [3.8, 4) is 0 Å². The molecule has 0 bridgehead atoms. The number of hydrazine groups is 1. The van der Waals surface area contributed by atoms with Gasteiger partial charge in [-0.05, 0) is 23.9 Å². The molecule has 1 aromatic carbocycles. The normalized spacial score (nSPS) is 12.7. The number of hydrogen-bond donors (Lipinski definition) is 2. The summed E-state index contributed by atoms with van der Waals surface area (Å²) in [6, 6.07) is 3.32. The molecule has 0 saturated carbocycles. The van der Waals surface area contributed by atoms with E-state index >= 15 is 0 Å². The van der Waals surface area contributed by atoms with Gasteiger partial charge in [-0.1, -0.05) is 23.7 Å². The fraction of sp³-hybridized carbons (Fsp3) is 0.167. The molecule has 0 aliphatic heterocycles. The van der Waals surface area contributed by atoms with Crippen LogP contribution in [0.25, 0.3) is 0 Å². The average molecular weight is 289 g/mol. The number of hydrogen-bond acceptors (Lipinski definition) is 3. The van der Waals surface area contributed by atoms with Gasteiger partial charge in [0.15, 0.2) is 11.6 Å². The number of nitrogens with two attached hydrogens (primary N) is 1. The number of halogens is 3. The molecule has 0 amide bonds. The number of thiophene rings is 1. The molecule has 1 atom stereocenters. The summed E-state index contributed by atoms with van der Waals surface area (Å²) in [5, 5.41) is 2.37. The Kier molecular flexibility index (Phi) is 3.97. The van der Waals surface area contributed by atoms with E-state index in [2.05, 4.69) is 5.43 Å². The maximum Gasteiger partial charge on any atom is 0.164 e. The minimum absolute atomic E-state index is 0.140. The minimum Gasteiger partial charge on any atom is -0.271 e. The first kappa shape index (κ1) is 13.4. The summed E-state index contributed by atoms with van der Waals surface area (Å²) in [7, 11) is 0. The quantitative estimate of drug-likeness (QED) is 0.670. The standard InChI is InChI=1S/C12H11ClF2N2S/c1-6-5-18-12(9(6)13)11(17-16)7-3-2-4-8(14)10(7)15/h2-5,11,17H,16H2,1H3. The van der Waals surface area contributed by atoms with Crippen molar-refractivity contribution in [3.63, 3.8) is 0 Å². The number of benzene rings is 1. The van der Waals surface area contributed by atoms with Crippen molar-refractivity contribution in [1.29, 1.82) is 0 Å². The third-order valence-corrected chi connectivity index (χ3v) is 4.43. The molecule has 1 heterocycles. The zero-order valence-corrected chi connectivity index (χ0v) is 11.1. The Bertz CT molecular complexity index is 571. The Hall–Kier alpha value is -1.01. The molecule has 96 valence electrons. The van der Waals surface area contributed by atoms with Crippen LogP contribution in [0.4, 0.5) is 8.78 Å². The molecule has 1 aromatic heterocycles. The first-order valence-electron chi connectivity index (χ1n) is 5.19. The molecule has 0 aliphatic rings. The van der Waals surface area contributed by atoms with Crippen LogP contribution in [0.2, 0.25) is 5.02 Å². The van der Waals surface area contributed by atoms with Crippen LogP contribution in [0.3, 0.4) is 0 Å². The Morgan fingerprint density at radius 3 is 2.67 bits per heavy atom. The third-order valence-electron chi connectivity index (χ3n) is 2.65. The second kappa shape index (κ2) is 5.32. The molecule has 0 aliphatic carbocycles. The zero-order chi connectivity index (χ0) is 13.3. The molecule has 2 rings (SSSR count). The molecule has 0 saturated heterocycles. The van der Waals surface area contributed by atoms with E-state index < -0.39 is 17.7 Å². The lowest BCUT2D eigenvalue weighted by Crippen LogP contribution is -2.29. The van der Waals surface area contributed by atoms with Crippen LogP contribution < -0.4 is 11.3 Å². The topological polar surface area (TPSA) is 38.0 Å². The molecule has 2 aromatic rings. The summed E-state index contributed by atoms with van der Waals surface area (Å²) < 4.78 is 27.0. The molecule has 0 radical (unpaired) electrons. The van der Waals surface area contributed by atoms with Gasteiger partial charge < -0.3 is 0 Å². The van der Waals surface area contributed by atoms with E-state index in [1.165, 1.54) is 23.5 Å². The molecule has 18 heavy (non-hydrogen) atoms. The Labute approximate surface area is 112 Å². The van der Waals surface area contributed by atoms with Crippen molar-refractivity contribution in [2.24, 2.45) is 5.84 Å². The summed E-state index contributed by atoms with van der Waals surface area (Å²) in [6.07, 6.45) is 0. The first-order chi connectivity index (χ1) is 8.56. The fourth-order valence-electron chi connectivity index (χ4n) is 1.69. The van der Waals surface area contributed by atoms with Crippen molar-refractivity contribution in [1.82, 2.24) is 5.43 Å². The van der Waals surface area contributed by atoms with Gasteiger partial charge in [0.25, 0.3) is 0 Å². The van der Waals surface area contributed by atoms with Crippen LogP contribution in [0.15, 0.2) is 23.6 Å². The van der Waals surface area contributed by atoms with Gasteiger partial charge in [-0.3, -0.25) is 5.84 Å². The fourth-order valence-corrected chi connectivity index (χ4v) is 3.07. The molecule has 0 fully saturated rings. The Morgan fingerprint density at radius 1 is 1.39 bits per heavy atom. The summed E-state index contributed by atoms with van der Waals surface area (Å²) in [5.74, 6) is 3.62.